The number of aliphatic carboxylic acids is 1. The molecular weight excluding hydrogens is 270 g/mol. The van der Waals surface area contributed by atoms with E-state index < -0.39 is 12.0 Å². The van der Waals surface area contributed by atoms with E-state index in [0.717, 1.165) is 31.4 Å². The van der Waals surface area contributed by atoms with Crippen molar-refractivity contribution in [3.05, 3.63) is 29.8 Å². The number of carbonyl (C=O) groups is 2. The van der Waals surface area contributed by atoms with Gasteiger partial charge in [0.25, 0.3) is 0 Å². The fraction of sp³-hybridized carbons (Fsp3) is 0.500. The van der Waals surface area contributed by atoms with Crippen LogP contribution in [0.1, 0.15) is 38.2 Å². The summed E-state index contributed by atoms with van der Waals surface area (Å²) in [5.41, 5.74) is 1.25. The van der Waals surface area contributed by atoms with Gasteiger partial charge in [-0.2, -0.15) is 0 Å². The van der Waals surface area contributed by atoms with Gasteiger partial charge < -0.3 is 15.2 Å². The molecule has 5 nitrogen and oxygen atoms in total. The molecule has 1 atom stereocenters. The van der Waals surface area contributed by atoms with Gasteiger partial charge in [0.1, 0.15) is 11.8 Å². The number of unbranched alkanes of at least 4 members (excludes halogenated alkanes) is 2. The van der Waals surface area contributed by atoms with E-state index in [1.165, 1.54) is 12.5 Å². The molecule has 0 radical (unpaired) electrons. The molecule has 0 aliphatic carbocycles. The first-order valence-corrected chi connectivity index (χ1v) is 7.18. The third-order valence-corrected chi connectivity index (χ3v) is 3.28. The average Bonchev–Trinajstić information content (AvgIpc) is 2.47. The summed E-state index contributed by atoms with van der Waals surface area (Å²) in [4.78, 5) is 22.1. The van der Waals surface area contributed by atoms with Crippen molar-refractivity contribution in [3.8, 4) is 5.75 Å². The Morgan fingerprint density at radius 1 is 1.19 bits per heavy atom. The fourth-order valence-corrected chi connectivity index (χ4v) is 1.96. The molecule has 116 valence electrons. The number of amides is 1. The third-order valence-electron chi connectivity index (χ3n) is 3.28. The SMILES string of the molecule is COc1ccc(CCCCCC(=O)N[C@@H](C)C(=O)O)cc1. The maximum absolute atomic E-state index is 11.5. The number of methoxy groups -OCH3 is 1. The number of carboxylic acids is 1. The first-order valence-electron chi connectivity index (χ1n) is 7.18. The zero-order valence-electron chi connectivity index (χ0n) is 12.6. The molecule has 0 aliphatic rings. The van der Waals surface area contributed by atoms with Crippen molar-refractivity contribution >= 4 is 11.9 Å². The second kappa shape index (κ2) is 9.00. The molecule has 21 heavy (non-hydrogen) atoms. The highest BCUT2D eigenvalue weighted by atomic mass is 16.5. The molecule has 5 heteroatoms. The molecule has 0 saturated carbocycles. The molecule has 0 spiro atoms. The molecule has 0 saturated heterocycles. The lowest BCUT2D eigenvalue weighted by Crippen LogP contribution is -2.38. The second-order valence-electron chi connectivity index (χ2n) is 5.04. The summed E-state index contributed by atoms with van der Waals surface area (Å²) in [5, 5.41) is 11.1. The van der Waals surface area contributed by atoms with Crippen molar-refractivity contribution in [2.45, 2.75) is 45.1 Å². The molecule has 1 aromatic carbocycles. The Hall–Kier alpha value is -2.04. The van der Waals surface area contributed by atoms with Crippen molar-refractivity contribution in [2.75, 3.05) is 7.11 Å². The van der Waals surface area contributed by atoms with Gasteiger partial charge in [0.05, 0.1) is 7.11 Å². The molecule has 2 N–H and O–H groups in total. The molecule has 0 aliphatic heterocycles. The lowest BCUT2D eigenvalue weighted by molar-refractivity contribution is -0.141. The number of aryl methyl sites for hydroxylation is 1. The van der Waals surface area contributed by atoms with Crippen LogP contribution in [0.2, 0.25) is 0 Å². The molecule has 1 aromatic rings. The summed E-state index contributed by atoms with van der Waals surface area (Å²) in [5.74, 6) is -0.361. The van der Waals surface area contributed by atoms with Crippen LogP contribution in [0.15, 0.2) is 24.3 Å². The Bertz CT molecular complexity index is 456. The molecule has 1 rings (SSSR count). The van der Waals surface area contributed by atoms with E-state index in [0.29, 0.717) is 6.42 Å². The number of rotatable bonds is 9. The maximum atomic E-state index is 11.5. The van der Waals surface area contributed by atoms with E-state index in [-0.39, 0.29) is 5.91 Å². The lowest BCUT2D eigenvalue weighted by atomic mass is 10.1. The van der Waals surface area contributed by atoms with Crippen molar-refractivity contribution in [2.24, 2.45) is 0 Å². The summed E-state index contributed by atoms with van der Waals surface area (Å²) >= 11 is 0. The highest BCUT2D eigenvalue weighted by molar-refractivity contribution is 5.83. The monoisotopic (exact) mass is 293 g/mol. The van der Waals surface area contributed by atoms with Crippen LogP contribution in [0.3, 0.4) is 0 Å². The summed E-state index contributed by atoms with van der Waals surface area (Å²) in [6, 6.07) is 7.14. The zero-order chi connectivity index (χ0) is 15.7. The fourth-order valence-electron chi connectivity index (χ4n) is 1.96. The van der Waals surface area contributed by atoms with Gasteiger partial charge >= 0.3 is 5.97 Å². The number of hydrogen-bond acceptors (Lipinski definition) is 3. The maximum Gasteiger partial charge on any atom is 0.325 e. The Labute approximate surface area is 125 Å². The van der Waals surface area contributed by atoms with Crippen molar-refractivity contribution < 1.29 is 19.4 Å². The predicted molar refractivity (Wildman–Crippen MR) is 80.4 cm³/mol. The van der Waals surface area contributed by atoms with E-state index in [1.54, 1.807) is 7.11 Å². The second-order valence-corrected chi connectivity index (χ2v) is 5.04. The Kier molecular flexibility index (Phi) is 7.29. The lowest BCUT2D eigenvalue weighted by Gasteiger charge is -2.09. The Balaban J connectivity index is 2.13. The van der Waals surface area contributed by atoms with Gasteiger partial charge in [0.15, 0.2) is 0 Å². The van der Waals surface area contributed by atoms with Gasteiger partial charge in [0, 0.05) is 6.42 Å². The average molecular weight is 293 g/mol. The van der Waals surface area contributed by atoms with Crippen LogP contribution in [0, 0.1) is 0 Å². The quantitative estimate of drug-likeness (QED) is 0.685. The molecular formula is C16H23NO4. The Morgan fingerprint density at radius 3 is 2.43 bits per heavy atom. The standard InChI is InChI=1S/C16H23NO4/c1-12(16(19)20)17-15(18)7-5-3-4-6-13-8-10-14(21-2)11-9-13/h8-12H,3-7H2,1-2H3,(H,17,18)(H,19,20)/t12-/m0/s1. The molecule has 0 aromatic heterocycles. The van der Waals surface area contributed by atoms with Crippen molar-refractivity contribution in [3.63, 3.8) is 0 Å². The van der Waals surface area contributed by atoms with E-state index in [4.69, 9.17) is 9.84 Å². The first-order chi connectivity index (χ1) is 10.0. The van der Waals surface area contributed by atoms with E-state index in [9.17, 15) is 9.59 Å². The molecule has 0 heterocycles. The largest absolute Gasteiger partial charge is 0.497 e. The minimum atomic E-state index is -1.01. The third kappa shape index (κ3) is 6.79. The van der Waals surface area contributed by atoms with E-state index in [2.05, 4.69) is 5.32 Å². The van der Waals surface area contributed by atoms with E-state index >= 15 is 0 Å². The number of benzene rings is 1. The van der Waals surface area contributed by atoms with Crippen LogP contribution >= 0.6 is 0 Å². The van der Waals surface area contributed by atoms with Gasteiger partial charge in [-0.3, -0.25) is 9.59 Å². The molecule has 0 bridgehead atoms. The van der Waals surface area contributed by atoms with Crippen LogP contribution in [0.4, 0.5) is 0 Å². The normalized spacial score (nSPS) is 11.7. The number of ether oxygens (including phenoxy) is 1. The van der Waals surface area contributed by atoms with Crippen LogP contribution in [-0.2, 0) is 16.0 Å². The number of carboxylic acid groups (broad SMARTS) is 1. The topological polar surface area (TPSA) is 75.6 Å². The van der Waals surface area contributed by atoms with Crippen LogP contribution < -0.4 is 10.1 Å². The minimum absolute atomic E-state index is 0.200. The van der Waals surface area contributed by atoms with Gasteiger partial charge in [-0.05, 0) is 43.9 Å². The Morgan fingerprint density at radius 2 is 1.86 bits per heavy atom. The highest BCUT2D eigenvalue weighted by Crippen LogP contribution is 2.13. The highest BCUT2D eigenvalue weighted by Gasteiger charge is 2.13. The summed E-state index contributed by atoms with van der Waals surface area (Å²) in [7, 11) is 1.64. The van der Waals surface area contributed by atoms with Gasteiger partial charge in [-0.15, -0.1) is 0 Å². The predicted octanol–water partition coefficient (Wildman–Crippen LogP) is 2.39. The summed E-state index contributed by atoms with van der Waals surface area (Å²) in [6.07, 6.45) is 4.07. The molecule has 1 amide bonds. The zero-order valence-corrected chi connectivity index (χ0v) is 12.6. The number of nitrogens with one attached hydrogen (secondary N) is 1. The van der Waals surface area contributed by atoms with Gasteiger partial charge in [-0.25, -0.2) is 0 Å². The van der Waals surface area contributed by atoms with Crippen molar-refractivity contribution in [1.29, 1.82) is 0 Å². The van der Waals surface area contributed by atoms with E-state index in [1.807, 2.05) is 24.3 Å². The smallest absolute Gasteiger partial charge is 0.325 e. The minimum Gasteiger partial charge on any atom is -0.497 e. The van der Waals surface area contributed by atoms with Crippen LogP contribution in [-0.4, -0.2) is 30.1 Å². The first kappa shape index (κ1) is 17.0. The molecule has 0 fully saturated rings. The van der Waals surface area contributed by atoms with Crippen LogP contribution in [0.5, 0.6) is 5.75 Å². The van der Waals surface area contributed by atoms with Gasteiger partial charge in [-0.1, -0.05) is 18.6 Å². The summed E-state index contributed by atoms with van der Waals surface area (Å²) < 4.78 is 5.10. The number of hydrogen-bond donors (Lipinski definition) is 2. The van der Waals surface area contributed by atoms with Crippen LogP contribution in [0.25, 0.3) is 0 Å². The number of carbonyl (C=O) groups excluding carboxylic acids is 1. The summed E-state index contributed by atoms with van der Waals surface area (Å²) in [6.45, 7) is 1.46. The van der Waals surface area contributed by atoms with Crippen molar-refractivity contribution in [1.82, 2.24) is 5.32 Å². The molecule has 0 unspecified atom stereocenters. The van der Waals surface area contributed by atoms with Gasteiger partial charge in [0.2, 0.25) is 5.91 Å².